The van der Waals surface area contributed by atoms with Gasteiger partial charge >= 0.3 is 0 Å². The summed E-state index contributed by atoms with van der Waals surface area (Å²) in [6.07, 6.45) is -2.42. The smallest absolute Gasteiger partial charge is 0.129 e. The van der Waals surface area contributed by atoms with Crippen LogP contribution in [0, 0.1) is 12.7 Å². The van der Waals surface area contributed by atoms with Crippen LogP contribution >= 0.6 is 0 Å². The molecule has 0 fully saturated rings. The Morgan fingerprint density at radius 2 is 2.00 bits per heavy atom. The highest BCUT2D eigenvalue weighted by atomic mass is 19.1. The molecule has 0 heterocycles. The van der Waals surface area contributed by atoms with E-state index >= 15 is 0 Å². The Kier molecular flexibility index (Phi) is 4.20. The van der Waals surface area contributed by atoms with Crippen LogP contribution in [-0.4, -0.2) is 28.0 Å². The van der Waals surface area contributed by atoms with E-state index in [1.165, 1.54) is 12.1 Å². The van der Waals surface area contributed by atoms with Crippen molar-refractivity contribution in [1.82, 2.24) is 0 Å². The fraction of sp³-hybridized carbons (Fsp3) is 0.455. The number of aliphatic hydroxyl groups excluding tert-OH is 3. The van der Waals surface area contributed by atoms with Gasteiger partial charge in [0.25, 0.3) is 0 Å². The third-order valence-electron chi connectivity index (χ3n) is 2.26. The molecule has 3 N–H and O–H groups in total. The Morgan fingerprint density at radius 3 is 2.60 bits per heavy atom. The number of rotatable bonds is 4. The molecule has 0 aromatic heterocycles. The lowest BCUT2D eigenvalue weighted by atomic mass is 10.00. The van der Waals surface area contributed by atoms with Gasteiger partial charge in [0.05, 0.1) is 6.10 Å². The predicted octanol–water partition coefficient (Wildman–Crippen LogP) is 0.911. The van der Waals surface area contributed by atoms with Crippen molar-refractivity contribution in [3.8, 4) is 0 Å². The molecule has 0 spiro atoms. The lowest BCUT2D eigenvalue weighted by Gasteiger charge is -2.18. The first kappa shape index (κ1) is 12.1. The summed E-state index contributed by atoms with van der Waals surface area (Å²) in [5.74, 6) is -0.551. The molecule has 0 aliphatic carbocycles. The van der Waals surface area contributed by atoms with E-state index in [0.717, 1.165) is 5.56 Å². The van der Waals surface area contributed by atoms with Crippen LogP contribution in [0.3, 0.4) is 0 Å². The van der Waals surface area contributed by atoms with E-state index in [4.69, 9.17) is 5.11 Å². The van der Waals surface area contributed by atoms with Crippen molar-refractivity contribution in [3.05, 3.63) is 35.1 Å². The summed E-state index contributed by atoms with van der Waals surface area (Å²) in [6.45, 7) is 1.53. The van der Waals surface area contributed by atoms with Crippen LogP contribution in [0.5, 0.6) is 0 Å². The molecule has 84 valence electrons. The van der Waals surface area contributed by atoms with E-state index in [-0.39, 0.29) is 18.6 Å². The van der Waals surface area contributed by atoms with Crippen LogP contribution in [0.15, 0.2) is 18.2 Å². The van der Waals surface area contributed by atoms with Gasteiger partial charge in [-0.15, -0.1) is 0 Å². The van der Waals surface area contributed by atoms with Crippen molar-refractivity contribution in [2.75, 3.05) is 6.61 Å². The van der Waals surface area contributed by atoms with Crippen LogP contribution in [0.4, 0.5) is 4.39 Å². The first-order valence-corrected chi connectivity index (χ1v) is 4.79. The maximum absolute atomic E-state index is 13.3. The molecule has 0 saturated heterocycles. The Morgan fingerprint density at radius 1 is 1.33 bits per heavy atom. The molecule has 1 aromatic rings. The minimum atomic E-state index is -1.29. The molecule has 4 heteroatoms. The number of aryl methyl sites for hydroxylation is 1. The van der Waals surface area contributed by atoms with E-state index in [1.54, 1.807) is 13.0 Å². The quantitative estimate of drug-likeness (QED) is 0.698. The van der Waals surface area contributed by atoms with E-state index in [2.05, 4.69) is 0 Å². The second-order valence-electron chi connectivity index (χ2n) is 3.55. The summed E-state index contributed by atoms with van der Waals surface area (Å²) in [6, 6.07) is 4.32. The monoisotopic (exact) mass is 214 g/mol. The van der Waals surface area contributed by atoms with Gasteiger partial charge in [0, 0.05) is 12.2 Å². The minimum Gasteiger partial charge on any atom is -0.396 e. The standard InChI is InChI=1S/C11H15FO3/c1-7-2-3-9(12)8(6-7)11(15)10(14)4-5-13/h2-3,6,10-11,13-15H,4-5H2,1H3. The highest BCUT2D eigenvalue weighted by Crippen LogP contribution is 2.22. The lowest BCUT2D eigenvalue weighted by molar-refractivity contribution is 0.00234. The second-order valence-corrected chi connectivity index (χ2v) is 3.55. The maximum atomic E-state index is 13.3. The number of benzene rings is 1. The first-order valence-electron chi connectivity index (χ1n) is 4.79. The summed E-state index contributed by atoms with van der Waals surface area (Å²) in [4.78, 5) is 0. The van der Waals surface area contributed by atoms with Gasteiger partial charge < -0.3 is 15.3 Å². The number of halogens is 1. The molecule has 3 nitrogen and oxygen atoms in total. The predicted molar refractivity (Wildman–Crippen MR) is 53.8 cm³/mol. The van der Waals surface area contributed by atoms with Crippen LogP contribution in [0.1, 0.15) is 23.7 Å². The van der Waals surface area contributed by atoms with Crippen molar-refractivity contribution in [2.45, 2.75) is 25.6 Å². The Labute approximate surface area is 87.8 Å². The first-order chi connectivity index (χ1) is 7.06. The fourth-order valence-electron chi connectivity index (χ4n) is 1.39. The zero-order valence-corrected chi connectivity index (χ0v) is 8.52. The molecular formula is C11H15FO3. The molecule has 15 heavy (non-hydrogen) atoms. The van der Waals surface area contributed by atoms with Crippen LogP contribution in [0.25, 0.3) is 0 Å². The molecular weight excluding hydrogens is 199 g/mol. The largest absolute Gasteiger partial charge is 0.396 e. The molecule has 2 unspecified atom stereocenters. The fourth-order valence-corrected chi connectivity index (χ4v) is 1.39. The van der Waals surface area contributed by atoms with Crippen molar-refractivity contribution in [1.29, 1.82) is 0 Å². The third-order valence-corrected chi connectivity index (χ3v) is 2.26. The number of hydrogen-bond acceptors (Lipinski definition) is 3. The maximum Gasteiger partial charge on any atom is 0.129 e. The molecule has 0 saturated carbocycles. The second kappa shape index (κ2) is 5.21. The molecule has 2 atom stereocenters. The van der Waals surface area contributed by atoms with Crippen molar-refractivity contribution >= 4 is 0 Å². The van der Waals surface area contributed by atoms with Crippen molar-refractivity contribution in [2.24, 2.45) is 0 Å². The molecule has 1 aromatic carbocycles. The Balaban J connectivity index is 2.89. The summed E-state index contributed by atoms with van der Waals surface area (Å²) in [5.41, 5.74) is 0.873. The molecule has 1 rings (SSSR count). The van der Waals surface area contributed by atoms with E-state index in [1.807, 2.05) is 0 Å². The zero-order chi connectivity index (χ0) is 11.4. The van der Waals surface area contributed by atoms with Gasteiger partial charge in [-0.2, -0.15) is 0 Å². The Hall–Kier alpha value is -0.970. The van der Waals surface area contributed by atoms with Crippen LogP contribution in [-0.2, 0) is 0 Å². The van der Waals surface area contributed by atoms with Crippen molar-refractivity contribution in [3.63, 3.8) is 0 Å². The van der Waals surface area contributed by atoms with Gasteiger partial charge in [0.2, 0.25) is 0 Å². The van der Waals surface area contributed by atoms with Gasteiger partial charge in [-0.1, -0.05) is 17.7 Å². The van der Waals surface area contributed by atoms with Gasteiger partial charge in [0.1, 0.15) is 11.9 Å². The average molecular weight is 214 g/mol. The average Bonchev–Trinajstić information content (AvgIpc) is 2.21. The highest BCUT2D eigenvalue weighted by molar-refractivity contribution is 5.26. The zero-order valence-electron chi connectivity index (χ0n) is 8.52. The van der Waals surface area contributed by atoms with Gasteiger partial charge in [0.15, 0.2) is 0 Å². The molecule has 0 aliphatic heterocycles. The summed E-state index contributed by atoms with van der Waals surface area (Å²) < 4.78 is 13.3. The molecule has 0 aliphatic rings. The van der Waals surface area contributed by atoms with E-state index in [9.17, 15) is 14.6 Å². The van der Waals surface area contributed by atoms with Crippen molar-refractivity contribution < 1.29 is 19.7 Å². The summed E-state index contributed by atoms with van der Waals surface area (Å²) in [7, 11) is 0. The van der Waals surface area contributed by atoms with E-state index < -0.39 is 18.0 Å². The molecule has 0 radical (unpaired) electrons. The van der Waals surface area contributed by atoms with Gasteiger partial charge in [-0.05, 0) is 19.4 Å². The lowest BCUT2D eigenvalue weighted by Crippen LogP contribution is -2.20. The van der Waals surface area contributed by atoms with Crippen LogP contribution in [0.2, 0.25) is 0 Å². The van der Waals surface area contributed by atoms with Crippen LogP contribution < -0.4 is 0 Å². The number of aliphatic hydroxyl groups is 3. The number of hydrogen-bond donors (Lipinski definition) is 3. The molecule has 0 amide bonds. The SMILES string of the molecule is Cc1ccc(F)c(C(O)C(O)CCO)c1. The third kappa shape index (κ3) is 2.99. The normalized spacial score (nSPS) is 15.0. The van der Waals surface area contributed by atoms with E-state index in [0.29, 0.717) is 0 Å². The summed E-state index contributed by atoms with van der Waals surface area (Å²) >= 11 is 0. The highest BCUT2D eigenvalue weighted by Gasteiger charge is 2.20. The summed E-state index contributed by atoms with van der Waals surface area (Å²) in [5, 5.41) is 27.6. The Bertz CT molecular complexity index is 328. The topological polar surface area (TPSA) is 60.7 Å². The van der Waals surface area contributed by atoms with Gasteiger partial charge in [-0.3, -0.25) is 0 Å². The van der Waals surface area contributed by atoms with Gasteiger partial charge in [-0.25, -0.2) is 4.39 Å². The minimum absolute atomic E-state index is 0.0224. The molecule has 0 bridgehead atoms.